The molecule has 0 aliphatic heterocycles. The van der Waals surface area contributed by atoms with Crippen LogP contribution in [0.15, 0.2) is 52.1 Å². The molecule has 0 spiro atoms. The number of guanidine groups is 1. The number of furan rings is 1. The van der Waals surface area contributed by atoms with Gasteiger partial charge in [-0.2, -0.15) is 0 Å². The monoisotopic (exact) mass is 491 g/mol. The molecule has 0 saturated carbocycles. The minimum Gasteiger partial charge on any atom is -0.489 e. The van der Waals surface area contributed by atoms with Crippen molar-refractivity contribution in [1.82, 2.24) is 10.2 Å². The zero-order valence-electron chi connectivity index (χ0n) is 15.7. The van der Waals surface area contributed by atoms with Crippen molar-refractivity contribution < 1.29 is 18.3 Å². The first kappa shape index (κ1) is 23.2. The Labute approximate surface area is 176 Å². The molecule has 2 aromatic rings. The second kappa shape index (κ2) is 13.4. The maximum atomic E-state index is 13.6. The summed E-state index contributed by atoms with van der Waals surface area (Å²) in [5.74, 6) is 1.55. The van der Waals surface area contributed by atoms with Gasteiger partial charge in [0.25, 0.3) is 0 Å². The molecule has 0 atom stereocenters. The molecule has 0 bridgehead atoms. The van der Waals surface area contributed by atoms with Crippen LogP contribution < -0.4 is 10.1 Å². The summed E-state index contributed by atoms with van der Waals surface area (Å²) < 4.78 is 29.5. The van der Waals surface area contributed by atoms with E-state index in [0.717, 1.165) is 18.1 Å². The van der Waals surface area contributed by atoms with E-state index in [1.165, 1.54) is 6.07 Å². The normalized spacial score (nSPS) is 11.0. The first-order valence-electron chi connectivity index (χ1n) is 8.59. The molecule has 0 unspecified atom stereocenters. The molecule has 0 amide bonds. The standard InChI is InChI=1S/C19H26FN3O3.HI/c1-23(12-15-26-18-8-4-3-7-17(18)20)19(22-11-14-24-2)21-10-9-16-6-5-13-25-16;/h3-8,13H,9-12,14-15H2,1-2H3,(H,21,22);1H. The number of rotatable bonds is 10. The quantitative estimate of drug-likeness (QED) is 0.240. The van der Waals surface area contributed by atoms with Crippen molar-refractivity contribution in [3.63, 3.8) is 0 Å². The van der Waals surface area contributed by atoms with Crippen molar-refractivity contribution in [2.45, 2.75) is 6.42 Å². The fourth-order valence-electron chi connectivity index (χ4n) is 2.27. The third-order valence-electron chi connectivity index (χ3n) is 3.67. The number of nitrogens with zero attached hydrogens (tertiary/aromatic N) is 2. The van der Waals surface area contributed by atoms with Gasteiger partial charge in [-0.1, -0.05) is 12.1 Å². The molecule has 8 heteroatoms. The largest absolute Gasteiger partial charge is 0.489 e. The summed E-state index contributed by atoms with van der Waals surface area (Å²) in [6, 6.07) is 10.2. The minimum absolute atomic E-state index is 0. The van der Waals surface area contributed by atoms with Crippen LogP contribution >= 0.6 is 24.0 Å². The van der Waals surface area contributed by atoms with E-state index in [0.29, 0.717) is 32.8 Å². The molecule has 1 aromatic heterocycles. The van der Waals surface area contributed by atoms with Gasteiger partial charge in [-0.05, 0) is 24.3 Å². The second-order valence-electron chi connectivity index (χ2n) is 5.65. The molecule has 27 heavy (non-hydrogen) atoms. The van der Waals surface area contributed by atoms with Crippen LogP contribution in [0.5, 0.6) is 5.75 Å². The lowest BCUT2D eigenvalue weighted by molar-refractivity contribution is 0.207. The van der Waals surface area contributed by atoms with Crippen LogP contribution in [0, 0.1) is 5.82 Å². The lowest BCUT2D eigenvalue weighted by Gasteiger charge is -2.22. The Balaban J connectivity index is 0.00000364. The molecule has 0 aliphatic carbocycles. The number of nitrogens with one attached hydrogen (secondary N) is 1. The van der Waals surface area contributed by atoms with Gasteiger partial charge in [-0.25, -0.2) is 4.39 Å². The maximum absolute atomic E-state index is 13.6. The van der Waals surface area contributed by atoms with E-state index in [1.54, 1.807) is 31.6 Å². The molecule has 150 valence electrons. The highest BCUT2D eigenvalue weighted by molar-refractivity contribution is 14.0. The highest BCUT2D eigenvalue weighted by atomic mass is 127. The number of ether oxygens (including phenoxy) is 2. The third kappa shape index (κ3) is 8.61. The third-order valence-corrected chi connectivity index (χ3v) is 3.67. The van der Waals surface area contributed by atoms with E-state index < -0.39 is 0 Å². The van der Waals surface area contributed by atoms with Crippen LogP contribution in [0.25, 0.3) is 0 Å². The van der Waals surface area contributed by atoms with Crippen LogP contribution in [0.3, 0.4) is 0 Å². The fourth-order valence-corrected chi connectivity index (χ4v) is 2.27. The van der Waals surface area contributed by atoms with E-state index >= 15 is 0 Å². The number of para-hydroxylation sites is 1. The summed E-state index contributed by atoms with van der Waals surface area (Å²) >= 11 is 0. The van der Waals surface area contributed by atoms with Gasteiger partial charge < -0.3 is 24.1 Å². The molecule has 0 aliphatic rings. The summed E-state index contributed by atoms with van der Waals surface area (Å²) in [7, 11) is 3.56. The van der Waals surface area contributed by atoms with Crippen molar-refractivity contribution >= 4 is 29.9 Å². The van der Waals surface area contributed by atoms with Crippen LogP contribution in [-0.2, 0) is 11.2 Å². The van der Waals surface area contributed by atoms with Crippen LogP contribution in [-0.4, -0.2) is 57.9 Å². The van der Waals surface area contributed by atoms with Crippen molar-refractivity contribution in [3.8, 4) is 5.75 Å². The van der Waals surface area contributed by atoms with Gasteiger partial charge in [-0.15, -0.1) is 24.0 Å². The fraction of sp³-hybridized carbons (Fsp3) is 0.421. The predicted octanol–water partition coefficient (Wildman–Crippen LogP) is 3.18. The lowest BCUT2D eigenvalue weighted by atomic mass is 10.3. The minimum atomic E-state index is -0.360. The molecule has 6 nitrogen and oxygen atoms in total. The molecular formula is C19H27FIN3O3. The Kier molecular flexibility index (Phi) is 11.5. The maximum Gasteiger partial charge on any atom is 0.193 e. The Morgan fingerprint density at radius 3 is 2.74 bits per heavy atom. The van der Waals surface area contributed by atoms with Gasteiger partial charge in [0.2, 0.25) is 0 Å². The van der Waals surface area contributed by atoms with Crippen molar-refractivity contribution in [1.29, 1.82) is 0 Å². The molecule has 2 rings (SSSR count). The number of aliphatic imine (C=N–C) groups is 1. The molecule has 1 N–H and O–H groups in total. The van der Waals surface area contributed by atoms with Gasteiger partial charge in [-0.3, -0.25) is 4.99 Å². The van der Waals surface area contributed by atoms with Gasteiger partial charge in [0.05, 0.1) is 26.0 Å². The highest BCUT2D eigenvalue weighted by Gasteiger charge is 2.08. The van der Waals surface area contributed by atoms with Crippen LogP contribution in [0.1, 0.15) is 5.76 Å². The lowest BCUT2D eigenvalue weighted by Crippen LogP contribution is -2.42. The van der Waals surface area contributed by atoms with E-state index in [4.69, 9.17) is 13.9 Å². The average Bonchev–Trinajstić information content (AvgIpc) is 3.15. The predicted molar refractivity (Wildman–Crippen MR) is 115 cm³/mol. The van der Waals surface area contributed by atoms with Crippen molar-refractivity contribution in [2.75, 3.05) is 47.0 Å². The zero-order valence-corrected chi connectivity index (χ0v) is 18.0. The Morgan fingerprint density at radius 1 is 1.22 bits per heavy atom. The van der Waals surface area contributed by atoms with Gasteiger partial charge in [0.1, 0.15) is 12.4 Å². The molecule has 0 fully saturated rings. The van der Waals surface area contributed by atoms with E-state index in [2.05, 4.69) is 10.3 Å². The van der Waals surface area contributed by atoms with E-state index in [9.17, 15) is 4.39 Å². The number of benzene rings is 1. The molecular weight excluding hydrogens is 464 g/mol. The van der Waals surface area contributed by atoms with Gasteiger partial charge in [0, 0.05) is 27.1 Å². The second-order valence-corrected chi connectivity index (χ2v) is 5.65. The molecule has 0 saturated heterocycles. The number of likely N-dealkylation sites (N-methyl/N-ethyl adjacent to an activating group) is 1. The van der Waals surface area contributed by atoms with E-state index in [-0.39, 0.29) is 35.5 Å². The number of hydrogen-bond donors (Lipinski definition) is 1. The molecule has 1 heterocycles. The van der Waals surface area contributed by atoms with Crippen LogP contribution in [0.4, 0.5) is 4.39 Å². The molecule has 0 radical (unpaired) electrons. The Morgan fingerprint density at radius 2 is 2.04 bits per heavy atom. The number of halogens is 2. The smallest absolute Gasteiger partial charge is 0.193 e. The van der Waals surface area contributed by atoms with Crippen molar-refractivity contribution in [3.05, 3.63) is 54.2 Å². The number of hydrogen-bond acceptors (Lipinski definition) is 4. The highest BCUT2D eigenvalue weighted by Crippen LogP contribution is 2.14. The Hall–Kier alpha value is -1.81. The van der Waals surface area contributed by atoms with Crippen LogP contribution in [0.2, 0.25) is 0 Å². The molecule has 1 aromatic carbocycles. The first-order chi connectivity index (χ1) is 12.7. The summed E-state index contributed by atoms with van der Waals surface area (Å²) in [5.41, 5.74) is 0. The zero-order chi connectivity index (χ0) is 18.6. The Bertz CT molecular complexity index is 668. The van der Waals surface area contributed by atoms with Gasteiger partial charge >= 0.3 is 0 Å². The van der Waals surface area contributed by atoms with Gasteiger partial charge in [0.15, 0.2) is 17.5 Å². The summed E-state index contributed by atoms with van der Waals surface area (Å²) in [6.07, 6.45) is 2.42. The average molecular weight is 491 g/mol. The summed E-state index contributed by atoms with van der Waals surface area (Å²) in [4.78, 5) is 6.46. The number of methoxy groups -OCH3 is 1. The summed E-state index contributed by atoms with van der Waals surface area (Å²) in [5, 5.41) is 3.31. The SMILES string of the molecule is COCCN=C(NCCc1ccco1)N(C)CCOc1ccccc1F.I. The first-order valence-corrected chi connectivity index (χ1v) is 8.59. The van der Waals surface area contributed by atoms with Crippen molar-refractivity contribution in [2.24, 2.45) is 4.99 Å². The van der Waals surface area contributed by atoms with E-state index in [1.807, 2.05) is 24.1 Å². The summed E-state index contributed by atoms with van der Waals surface area (Å²) in [6.45, 7) is 2.70. The topological polar surface area (TPSA) is 59.2 Å².